The van der Waals surface area contributed by atoms with E-state index in [4.69, 9.17) is 21.1 Å². The van der Waals surface area contributed by atoms with Gasteiger partial charge in [-0.25, -0.2) is 12.8 Å². The molecule has 0 N–H and O–H groups in total. The number of halogens is 2. The Morgan fingerprint density at radius 2 is 1.60 bits per heavy atom. The fourth-order valence-electron chi connectivity index (χ4n) is 2.93. The Hall–Kier alpha value is -2.77. The van der Waals surface area contributed by atoms with Crippen LogP contribution in [0.2, 0.25) is 5.02 Å². The van der Waals surface area contributed by atoms with Gasteiger partial charge in [-0.05, 0) is 66.6 Å². The number of aryl methyl sites for hydroxylation is 1. The smallest absolute Gasteiger partial charge is 0.264 e. The lowest BCUT2D eigenvalue weighted by molar-refractivity contribution is 0.354. The van der Waals surface area contributed by atoms with E-state index in [0.29, 0.717) is 27.6 Å². The summed E-state index contributed by atoms with van der Waals surface area (Å²) in [4.78, 5) is 0.0494. The Kier molecular flexibility index (Phi) is 6.53. The second kappa shape index (κ2) is 8.93. The van der Waals surface area contributed by atoms with Crippen LogP contribution in [0.15, 0.2) is 65.6 Å². The molecular weight excluding hydrogens is 429 g/mol. The zero-order valence-corrected chi connectivity index (χ0v) is 18.3. The molecule has 0 aliphatic carbocycles. The molecule has 0 amide bonds. The van der Waals surface area contributed by atoms with Crippen LogP contribution in [0.1, 0.15) is 11.1 Å². The fraction of sp³-hybridized carbons (Fsp3) is 0.182. The average molecular weight is 450 g/mol. The Bertz CT molecular complexity index is 1150. The normalized spacial score (nSPS) is 11.2. The molecule has 3 rings (SSSR count). The number of ether oxygens (including phenoxy) is 2. The van der Waals surface area contributed by atoms with Crippen LogP contribution in [0, 0.1) is 12.7 Å². The van der Waals surface area contributed by atoms with Crippen LogP contribution in [-0.2, 0) is 16.6 Å². The van der Waals surface area contributed by atoms with Crippen LogP contribution in [-0.4, -0.2) is 22.6 Å². The van der Waals surface area contributed by atoms with Crippen molar-refractivity contribution < 1.29 is 22.3 Å². The Labute approximate surface area is 180 Å². The summed E-state index contributed by atoms with van der Waals surface area (Å²) in [5.74, 6) is 0.500. The van der Waals surface area contributed by atoms with Crippen molar-refractivity contribution in [2.45, 2.75) is 18.4 Å². The summed E-state index contributed by atoms with van der Waals surface area (Å²) >= 11 is 5.90. The summed E-state index contributed by atoms with van der Waals surface area (Å²) in [6.45, 7) is 1.58. The monoisotopic (exact) mass is 449 g/mol. The van der Waals surface area contributed by atoms with Crippen molar-refractivity contribution in [3.63, 3.8) is 0 Å². The number of anilines is 1. The largest absolute Gasteiger partial charge is 0.493 e. The van der Waals surface area contributed by atoms with Crippen molar-refractivity contribution in [1.82, 2.24) is 0 Å². The highest BCUT2D eigenvalue weighted by Crippen LogP contribution is 2.32. The van der Waals surface area contributed by atoms with Gasteiger partial charge >= 0.3 is 0 Å². The topological polar surface area (TPSA) is 55.8 Å². The minimum Gasteiger partial charge on any atom is -0.493 e. The van der Waals surface area contributed by atoms with Crippen LogP contribution < -0.4 is 13.8 Å². The number of methoxy groups -OCH3 is 2. The molecule has 0 spiro atoms. The van der Waals surface area contributed by atoms with Gasteiger partial charge in [-0.15, -0.1) is 0 Å². The average Bonchev–Trinajstić information content (AvgIpc) is 2.74. The third kappa shape index (κ3) is 4.52. The highest BCUT2D eigenvalue weighted by Gasteiger charge is 2.26. The molecule has 3 aromatic rings. The van der Waals surface area contributed by atoms with Gasteiger partial charge in [-0.3, -0.25) is 4.31 Å². The highest BCUT2D eigenvalue weighted by molar-refractivity contribution is 7.92. The van der Waals surface area contributed by atoms with E-state index in [-0.39, 0.29) is 17.1 Å². The first-order valence-corrected chi connectivity index (χ1v) is 10.8. The van der Waals surface area contributed by atoms with Crippen LogP contribution >= 0.6 is 11.6 Å². The molecule has 0 heterocycles. The molecule has 0 atom stereocenters. The predicted molar refractivity (Wildman–Crippen MR) is 116 cm³/mol. The molecule has 3 aromatic carbocycles. The van der Waals surface area contributed by atoms with Crippen molar-refractivity contribution in [1.29, 1.82) is 0 Å². The first-order valence-electron chi connectivity index (χ1n) is 9.01. The van der Waals surface area contributed by atoms with E-state index < -0.39 is 15.8 Å². The quantitative estimate of drug-likeness (QED) is 0.497. The van der Waals surface area contributed by atoms with E-state index in [2.05, 4.69) is 0 Å². The second-order valence-electron chi connectivity index (χ2n) is 6.59. The number of nitrogens with zero attached hydrogens (tertiary/aromatic N) is 1. The summed E-state index contributed by atoms with van der Waals surface area (Å²) in [5.41, 5.74) is 1.28. The number of hydrogen-bond donors (Lipinski definition) is 0. The maximum Gasteiger partial charge on any atom is 0.264 e. The van der Waals surface area contributed by atoms with Gasteiger partial charge in [-0.2, -0.15) is 0 Å². The van der Waals surface area contributed by atoms with Crippen LogP contribution in [0.5, 0.6) is 11.5 Å². The van der Waals surface area contributed by atoms with E-state index in [9.17, 15) is 12.8 Å². The second-order valence-corrected chi connectivity index (χ2v) is 8.89. The lowest BCUT2D eigenvalue weighted by Gasteiger charge is -2.25. The lowest BCUT2D eigenvalue weighted by Crippen LogP contribution is -2.30. The van der Waals surface area contributed by atoms with Crippen LogP contribution in [0.4, 0.5) is 10.1 Å². The Balaban J connectivity index is 2.10. The molecule has 0 radical (unpaired) electrons. The molecule has 0 saturated carbocycles. The standard InChI is InChI=1S/C22H21ClFNO4S/c1-15-4-8-18(13-20(15)24)25(30(26,27)19-9-6-17(23)7-10-19)14-16-5-11-21(28-2)22(12-16)29-3/h4-13H,14H2,1-3H3. The van der Waals surface area contributed by atoms with Crippen molar-refractivity contribution in [3.05, 3.63) is 82.6 Å². The predicted octanol–water partition coefficient (Wildman–Crippen LogP) is 5.20. The summed E-state index contributed by atoms with van der Waals surface area (Å²) in [6, 6.07) is 15.3. The number of rotatable bonds is 7. The van der Waals surface area contributed by atoms with E-state index in [1.807, 2.05) is 0 Å². The summed E-state index contributed by atoms with van der Waals surface area (Å²) in [6.07, 6.45) is 0. The molecule has 5 nitrogen and oxygen atoms in total. The van der Waals surface area contributed by atoms with E-state index in [0.717, 1.165) is 4.31 Å². The summed E-state index contributed by atoms with van der Waals surface area (Å²) in [5, 5.41) is 0.418. The minimum absolute atomic E-state index is 0.0339. The van der Waals surface area contributed by atoms with Crippen molar-refractivity contribution in [2.75, 3.05) is 18.5 Å². The minimum atomic E-state index is -4.00. The maximum atomic E-state index is 14.3. The third-order valence-corrected chi connectivity index (χ3v) is 6.66. The zero-order valence-electron chi connectivity index (χ0n) is 16.7. The fourth-order valence-corrected chi connectivity index (χ4v) is 4.50. The van der Waals surface area contributed by atoms with Gasteiger partial charge in [0.25, 0.3) is 10.0 Å². The molecule has 0 aromatic heterocycles. The van der Waals surface area contributed by atoms with Gasteiger partial charge in [0.15, 0.2) is 11.5 Å². The van der Waals surface area contributed by atoms with Gasteiger partial charge in [-0.1, -0.05) is 23.7 Å². The van der Waals surface area contributed by atoms with Crippen molar-refractivity contribution in [3.8, 4) is 11.5 Å². The van der Waals surface area contributed by atoms with Gasteiger partial charge < -0.3 is 9.47 Å². The first kappa shape index (κ1) is 21.9. The number of sulfonamides is 1. The highest BCUT2D eigenvalue weighted by atomic mass is 35.5. The van der Waals surface area contributed by atoms with E-state index in [1.54, 1.807) is 37.3 Å². The SMILES string of the molecule is COc1ccc(CN(c2ccc(C)c(F)c2)S(=O)(=O)c2ccc(Cl)cc2)cc1OC. The van der Waals surface area contributed by atoms with E-state index in [1.165, 1.54) is 44.6 Å². The van der Waals surface area contributed by atoms with Crippen molar-refractivity contribution >= 4 is 27.3 Å². The zero-order chi connectivity index (χ0) is 21.9. The van der Waals surface area contributed by atoms with Crippen molar-refractivity contribution in [2.24, 2.45) is 0 Å². The first-order chi connectivity index (χ1) is 14.3. The molecular formula is C22H21ClFNO4S. The van der Waals surface area contributed by atoms with Gasteiger partial charge in [0.05, 0.1) is 31.3 Å². The Morgan fingerprint density at radius 3 is 2.20 bits per heavy atom. The lowest BCUT2D eigenvalue weighted by atomic mass is 10.1. The van der Waals surface area contributed by atoms with Gasteiger partial charge in [0.2, 0.25) is 0 Å². The maximum absolute atomic E-state index is 14.3. The third-order valence-electron chi connectivity index (χ3n) is 4.62. The summed E-state index contributed by atoms with van der Waals surface area (Å²) in [7, 11) is -0.981. The molecule has 0 aliphatic rings. The molecule has 158 valence electrons. The molecule has 0 saturated heterocycles. The molecule has 8 heteroatoms. The number of hydrogen-bond acceptors (Lipinski definition) is 4. The van der Waals surface area contributed by atoms with Crippen LogP contribution in [0.25, 0.3) is 0 Å². The Morgan fingerprint density at radius 1 is 0.933 bits per heavy atom. The molecule has 0 aliphatic heterocycles. The molecule has 0 bridgehead atoms. The van der Waals surface area contributed by atoms with Gasteiger partial charge in [0, 0.05) is 5.02 Å². The molecule has 0 unspecified atom stereocenters. The number of benzene rings is 3. The molecule has 0 fully saturated rings. The van der Waals surface area contributed by atoms with E-state index >= 15 is 0 Å². The molecule has 30 heavy (non-hydrogen) atoms. The van der Waals surface area contributed by atoms with Crippen LogP contribution in [0.3, 0.4) is 0 Å². The van der Waals surface area contributed by atoms with Gasteiger partial charge in [0.1, 0.15) is 5.82 Å². The summed E-state index contributed by atoms with van der Waals surface area (Å²) < 4.78 is 52.8.